The van der Waals surface area contributed by atoms with Crippen LogP contribution in [0.2, 0.25) is 0 Å². The molecule has 0 bridgehead atoms. The molecule has 0 saturated heterocycles. The Kier molecular flexibility index (Phi) is 4.39. The normalized spacial score (nSPS) is 13.3. The first-order chi connectivity index (χ1) is 9.70. The fourth-order valence-electron chi connectivity index (χ4n) is 2.12. The van der Waals surface area contributed by atoms with E-state index in [-0.39, 0.29) is 4.47 Å². The van der Waals surface area contributed by atoms with Crippen LogP contribution in [0.3, 0.4) is 0 Å². The van der Waals surface area contributed by atoms with E-state index in [0.717, 1.165) is 6.07 Å². The van der Waals surface area contributed by atoms with E-state index in [0.29, 0.717) is 16.7 Å². The maximum Gasteiger partial charge on any atom is 0.417 e. The second-order valence-corrected chi connectivity index (χ2v) is 5.57. The molecule has 112 valence electrons. The van der Waals surface area contributed by atoms with Gasteiger partial charge >= 0.3 is 6.18 Å². The minimum Gasteiger partial charge on any atom is -0.320 e. The third-order valence-electron chi connectivity index (χ3n) is 3.22. The van der Waals surface area contributed by atoms with Crippen molar-refractivity contribution in [2.45, 2.75) is 19.1 Å². The predicted octanol–water partition coefficient (Wildman–Crippen LogP) is 4.96. The molecule has 6 heteroatoms. The van der Waals surface area contributed by atoms with Crippen molar-refractivity contribution in [2.24, 2.45) is 5.73 Å². The summed E-state index contributed by atoms with van der Waals surface area (Å²) in [6.07, 6.45) is -4.47. The first-order valence-corrected chi connectivity index (χ1v) is 6.87. The number of aryl methyl sites for hydroxylation is 1. The summed E-state index contributed by atoms with van der Waals surface area (Å²) in [5, 5.41) is 0. The van der Waals surface area contributed by atoms with Gasteiger partial charge in [-0.25, -0.2) is 4.39 Å². The molecule has 1 unspecified atom stereocenters. The third-order valence-corrected chi connectivity index (χ3v) is 3.91. The Morgan fingerprint density at radius 1 is 1.10 bits per heavy atom. The Hall–Kier alpha value is -1.40. The Morgan fingerprint density at radius 3 is 2.33 bits per heavy atom. The van der Waals surface area contributed by atoms with Gasteiger partial charge in [0.1, 0.15) is 5.82 Å². The fraction of sp³-hybridized carbons (Fsp3) is 0.200. The monoisotopic (exact) mass is 361 g/mol. The quantitative estimate of drug-likeness (QED) is 0.751. The Morgan fingerprint density at radius 2 is 1.76 bits per heavy atom. The highest BCUT2D eigenvalue weighted by atomic mass is 79.9. The second kappa shape index (κ2) is 5.77. The number of alkyl halides is 3. The van der Waals surface area contributed by atoms with E-state index in [9.17, 15) is 17.6 Å². The van der Waals surface area contributed by atoms with Gasteiger partial charge in [0.25, 0.3) is 0 Å². The van der Waals surface area contributed by atoms with Gasteiger partial charge in [-0.1, -0.05) is 28.1 Å². The van der Waals surface area contributed by atoms with Crippen LogP contribution in [0.5, 0.6) is 0 Å². The molecule has 0 aliphatic heterocycles. The lowest BCUT2D eigenvalue weighted by Gasteiger charge is -2.18. The highest BCUT2D eigenvalue weighted by Crippen LogP contribution is 2.37. The molecule has 0 amide bonds. The average molecular weight is 362 g/mol. The summed E-state index contributed by atoms with van der Waals surface area (Å²) >= 11 is 2.89. The lowest BCUT2D eigenvalue weighted by molar-refractivity contribution is -0.138. The molecule has 21 heavy (non-hydrogen) atoms. The molecule has 0 heterocycles. The maximum absolute atomic E-state index is 13.1. The summed E-state index contributed by atoms with van der Waals surface area (Å²) in [7, 11) is 0. The van der Waals surface area contributed by atoms with Crippen molar-refractivity contribution in [3.63, 3.8) is 0 Å². The summed E-state index contributed by atoms with van der Waals surface area (Å²) in [5.74, 6) is -0.407. The van der Waals surface area contributed by atoms with E-state index in [1.54, 1.807) is 6.92 Å². The molecule has 0 spiro atoms. The van der Waals surface area contributed by atoms with Gasteiger partial charge in [0.15, 0.2) is 0 Å². The summed E-state index contributed by atoms with van der Waals surface area (Å²) in [5.41, 5.74) is 6.75. The lowest BCUT2D eigenvalue weighted by Crippen LogP contribution is -2.15. The largest absolute Gasteiger partial charge is 0.417 e. The van der Waals surface area contributed by atoms with Crippen LogP contribution >= 0.6 is 15.9 Å². The molecule has 0 aliphatic rings. The molecular weight excluding hydrogens is 350 g/mol. The Labute approximate surface area is 127 Å². The standard InChI is InChI=1S/C15H12BrF4N/c1-8-6-10(17)3-4-11(8)14(21)9-2-5-13(16)12(7-9)15(18,19)20/h2-7,14H,21H2,1H3. The van der Waals surface area contributed by atoms with Crippen molar-refractivity contribution in [3.8, 4) is 0 Å². The van der Waals surface area contributed by atoms with Crippen LogP contribution in [0.15, 0.2) is 40.9 Å². The Balaban J connectivity index is 2.46. The van der Waals surface area contributed by atoms with Gasteiger partial charge in [0, 0.05) is 4.47 Å². The van der Waals surface area contributed by atoms with E-state index in [4.69, 9.17) is 5.73 Å². The molecule has 1 atom stereocenters. The van der Waals surface area contributed by atoms with Crippen molar-refractivity contribution in [2.75, 3.05) is 0 Å². The number of nitrogens with two attached hydrogens (primary N) is 1. The number of hydrogen-bond acceptors (Lipinski definition) is 1. The van der Waals surface area contributed by atoms with Crippen LogP contribution in [0.1, 0.15) is 28.3 Å². The number of hydrogen-bond donors (Lipinski definition) is 1. The van der Waals surface area contributed by atoms with Crippen molar-refractivity contribution in [1.29, 1.82) is 0 Å². The van der Waals surface area contributed by atoms with Gasteiger partial charge < -0.3 is 5.73 Å². The predicted molar refractivity (Wildman–Crippen MR) is 76.3 cm³/mol. The third kappa shape index (κ3) is 3.44. The molecule has 0 radical (unpaired) electrons. The molecule has 2 aromatic rings. The highest BCUT2D eigenvalue weighted by molar-refractivity contribution is 9.10. The van der Waals surface area contributed by atoms with Gasteiger partial charge in [-0.05, 0) is 47.9 Å². The fourth-order valence-corrected chi connectivity index (χ4v) is 2.59. The Bertz CT molecular complexity index is 667. The summed E-state index contributed by atoms with van der Waals surface area (Å²) in [6, 6.07) is 7.14. The summed E-state index contributed by atoms with van der Waals surface area (Å²) in [4.78, 5) is 0. The van der Waals surface area contributed by atoms with E-state index < -0.39 is 23.6 Å². The van der Waals surface area contributed by atoms with Gasteiger partial charge in [0.05, 0.1) is 11.6 Å². The zero-order chi connectivity index (χ0) is 15.8. The average Bonchev–Trinajstić information content (AvgIpc) is 2.37. The topological polar surface area (TPSA) is 26.0 Å². The van der Waals surface area contributed by atoms with E-state index in [1.165, 1.54) is 30.3 Å². The maximum atomic E-state index is 13.1. The molecular formula is C15H12BrF4N. The van der Waals surface area contributed by atoms with Crippen LogP contribution in [0.25, 0.3) is 0 Å². The molecule has 2 rings (SSSR count). The molecule has 0 fully saturated rings. The minimum absolute atomic E-state index is 0.0400. The highest BCUT2D eigenvalue weighted by Gasteiger charge is 2.33. The first-order valence-electron chi connectivity index (χ1n) is 6.08. The van der Waals surface area contributed by atoms with Crippen LogP contribution in [-0.4, -0.2) is 0 Å². The van der Waals surface area contributed by atoms with E-state index >= 15 is 0 Å². The minimum atomic E-state index is -4.47. The molecule has 2 N–H and O–H groups in total. The first kappa shape index (κ1) is 16.0. The number of halogens is 5. The van der Waals surface area contributed by atoms with E-state index in [1.807, 2.05) is 0 Å². The molecule has 1 nitrogen and oxygen atoms in total. The van der Waals surface area contributed by atoms with Gasteiger partial charge in [-0.2, -0.15) is 13.2 Å². The molecule has 0 aliphatic carbocycles. The van der Waals surface area contributed by atoms with Crippen molar-refractivity contribution >= 4 is 15.9 Å². The molecule has 0 aromatic heterocycles. The van der Waals surface area contributed by atoms with Crippen LogP contribution in [0, 0.1) is 12.7 Å². The summed E-state index contributed by atoms with van der Waals surface area (Å²) < 4.78 is 51.8. The zero-order valence-electron chi connectivity index (χ0n) is 11.0. The molecule has 0 saturated carbocycles. The number of rotatable bonds is 2. The SMILES string of the molecule is Cc1cc(F)ccc1C(N)c1ccc(Br)c(C(F)(F)F)c1. The number of benzene rings is 2. The lowest BCUT2D eigenvalue weighted by atomic mass is 9.94. The van der Waals surface area contributed by atoms with Crippen molar-refractivity contribution < 1.29 is 17.6 Å². The zero-order valence-corrected chi connectivity index (χ0v) is 12.6. The van der Waals surface area contributed by atoms with E-state index in [2.05, 4.69) is 15.9 Å². The van der Waals surface area contributed by atoms with Gasteiger partial charge in [-0.15, -0.1) is 0 Å². The van der Waals surface area contributed by atoms with Crippen LogP contribution < -0.4 is 5.73 Å². The van der Waals surface area contributed by atoms with Crippen molar-refractivity contribution in [3.05, 3.63) is 68.9 Å². The smallest absolute Gasteiger partial charge is 0.320 e. The van der Waals surface area contributed by atoms with Gasteiger partial charge in [0.2, 0.25) is 0 Å². The van der Waals surface area contributed by atoms with Crippen LogP contribution in [0.4, 0.5) is 17.6 Å². The second-order valence-electron chi connectivity index (χ2n) is 4.72. The van der Waals surface area contributed by atoms with Crippen molar-refractivity contribution in [1.82, 2.24) is 0 Å². The molecule has 2 aromatic carbocycles. The summed E-state index contributed by atoms with van der Waals surface area (Å²) in [6.45, 7) is 1.67. The van der Waals surface area contributed by atoms with Gasteiger partial charge in [-0.3, -0.25) is 0 Å². The van der Waals surface area contributed by atoms with Crippen LogP contribution in [-0.2, 0) is 6.18 Å².